The lowest BCUT2D eigenvalue weighted by molar-refractivity contribution is -0.145. The van der Waals surface area contributed by atoms with Crippen molar-refractivity contribution in [3.63, 3.8) is 0 Å². The maximum Gasteiger partial charge on any atom is 0.328 e. The number of carbonyl (C=O) groups excluding carboxylic acids is 2. The molecule has 0 aromatic heterocycles. The number of rotatable bonds is 9. The Kier molecular flexibility index (Phi) is 8.99. The number of hydrogen-bond donors (Lipinski definition) is 1. The van der Waals surface area contributed by atoms with E-state index in [1.54, 1.807) is 7.11 Å². The number of nitrogens with one attached hydrogen (secondary N) is 1. The van der Waals surface area contributed by atoms with Gasteiger partial charge in [0.05, 0.1) is 20.3 Å². The summed E-state index contributed by atoms with van der Waals surface area (Å²) in [5.41, 5.74) is 0. The molecule has 0 aliphatic heterocycles. The first-order valence-electron chi connectivity index (χ1n) is 5.20. The summed E-state index contributed by atoms with van der Waals surface area (Å²) in [5, 5.41) is 2.49. The molecule has 1 N–H and O–H groups in total. The third-order valence-corrected chi connectivity index (χ3v) is 1.89. The fourth-order valence-corrected chi connectivity index (χ4v) is 1.07. The van der Waals surface area contributed by atoms with E-state index in [1.807, 2.05) is 0 Å². The first kappa shape index (κ1) is 15.6. The lowest BCUT2D eigenvalue weighted by atomic mass is 10.2. The lowest BCUT2D eigenvalue weighted by Crippen LogP contribution is -2.42. The SMILES string of the molecule is C=CC[C@H](NC(=O)COCCOC)C(=O)OC. The predicted octanol–water partition coefficient (Wildman–Crippen LogP) is -0.117. The Morgan fingerprint density at radius 3 is 2.59 bits per heavy atom. The molecule has 0 rings (SSSR count). The summed E-state index contributed by atoms with van der Waals surface area (Å²) >= 11 is 0. The molecule has 0 aliphatic rings. The molecule has 0 saturated heterocycles. The van der Waals surface area contributed by atoms with Crippen LogP contribution in [-0.2, 0) is 23.8 Å². The molecule has 0 aromatic rings. The Hall–Kier alpha value is -1.40. The molecule has 98 valence electrons. The summed E-state index contributed by atoms with van der Waals surface area (Å²) in [6.45, 7) is 4.13. The second-order valence-corrected chi connectivity index (χ2v) is 3.21. The number of hydrogen-bond acceptors (Lipinski definition) is 5. The van der Waals surface area contributed by atoms with E-state index in [-0.39, 0.29) is 12.5 Å². The summed E-state index contributed by atoms with van der Waals surface area (Å²) in [4.78, 5) is 22.7. The molecule has 0 fully saturated rings. The van der Waals surface area contributed by atoms with Crippen molar-refractivity contribution < 1.29 is 23.8 Å². The van der Waals surface area contributed by atoms with Gasteiger partial charge in [0.25, 0.3) is 0 Å². The molecule has 0 bridgehead atoms. The number of methoxy groups -OCH3 is 2. The highest BCUT2D eigenvalue weighted by Gasteiger charge is 2.19. The monoisotopic (exact) mass is 245 g/mol. The van der Waals surface area contributed by atoms with E-state index in [0.29, 0.717) is 19.6 Å². The van der Waals surface area contributed by atoms with Gasteiger partial charge in [-0.15, -0.1) is 6.58 Å². The Morgan fingerprint density at radius 1 is 1.35 bits per heavy atom. The second kappa shape index (κ2) is 9.80. The van der Waals surface area contributed by atoms with Crippen molar-refractivity contribution in [3.8, 4) is 0 Å². The summed E-state index contributed by atoms with van der Waals surface area (Å²) in [6, 6.07) is -0.712. The standard InChI is InChI=1S/C11H19NO5/c1-4-5-9(11(14)16-3)12-10(13)8-17-7-6-15-2/h4,9H,1,5-8H2,2-3H3,(H,12,13)/t9-/m0/s1. The van der Waals surface area contributed by atoms with Crippen molar-refractivity contribution in [3.05, 3.63) is 12.7 Å². The van der Waals surface area contributed by atoms with Crippen LogP contribution in [0.4, 0.5) is 0 Å². The minimum Gasteiger partial charge on any atom is -0.467 e. The van der Waals surface area contributed by atoms with Crippen molar-refractivity contribution in [1.82, 2.24) is 5.32 Å². The van der Waals surface area contributed by atoms with E-state index in [1.165, 1.54) is 13.2 Å². The molecule has 0 saturated carbocycles. The van der Waals surface area contributed by atoms with Crippen LogP contribution < -0.4 is 5.32 Å². The number of esters is 1. The summed E-state index contributed by atoms with van der Waals surface area (Å²) < 4.78 is 14.3. The maximum absolute atomic E-state index is 11.4. The van der Waals surface area contributed by atoms with Crippen molar-refractivity contribution in [1.29, 1.82) is 0 Å². The van der Waals surface area contributed by atoms with E-state index < -0.39 is 12.0 Å². The first-order chi connectivity index (χ1) is 8.15. The predicted molar refractivity (Wildman–Crippen MR) is 61.5 cm³/mol. The van der Waals surface area contributed by atoms with Gasteiger partial charge in [-0.1, -0.05) is 6.08 Å². The van der Waals surface area contributed by atoms with E-state index in [4.69, 9.17) is 9.47 Å². The van der Waals surface area contributed by atoms with E-state index in [2.05, 4.69) is 16.6 Å². The molecular weight excluding hydrogens is 226 g/mol. The summed E-state index contributed by atoms with van der Waals surface area (Å²) in [6.07, 6.45) is 1.85. The van der Waals surface area contributed by atoms with Crippen molar-refractivity contribution >= 4 is 11.9 Å². The molecular formula is C11H19NO5. The van der Waals surface area contributed by atoms with E-state index >= 15 is 0 Å². The van der Waals surface area contributed by atoms with Gasteiger partial charge in [0.1, 0.15) is 12.6 Å². The van der Waals surface area contributed by atoms with Crippen molar-refractivity contribution in [2.75, 3.05) is 34.0 Å². The molecule has 1 amide bonds. The normalized spacial score (nSPS) is 11.6. The minimum atomic E-state index is -0.712. The van der Waals surface area contributed by atoms with Gasteiger partial charge in [-0.25, -0.2) is 4.79 Å². The average Bonchev–Trinajstić information content (AvgIpc) is 2.33. The molecule has 0 unspecified atom stereocenters. The Morgan fingerprint density at radius 2 is 2.06 bits per heavy atom. The zero-order valence-electron chi connectivity index (χ0n) is 10.2. The van der Waals surface area contributed by atoms with Gasteiger partial charge < -0.3 is 19.5 Å². The van der Waals surface area contributed by atoms with Gasteiger partial charge in [-0.05, 0) is 6.42 Å². The second-order valence-electron chi connectivity index (χ2n) is 3.21. The van der Waals surface area contributed by atoms with Gasteiger partial charge in [0.15, 0.2) is 0 Å². The third kappa shape index (κ3) is 7.48. The van der Waals surface area contributed by atoms with Crippen LogP contribution in [0.5, 0.6) is 0 Å². The van der Waals surface area contributed by atoms with Crippen LogP contribution >= 0.6 is 0 Å². The van der Waals surface area contributed by atoms with Gasteiger partial charge in [-0.2, -0.15) is 0 Å². The van der Waals surface area contributed by atoms with Crippen LogP contribution in [0.3, 0.4) is 0 Å². The lowest BCUT2D eigenvalue weighted by Gasteiger charge is -2.14. The summed E-state index contributed by atoms with van der Waals surface area (Å²) in [7, 11) is 2.81. The number of ether oxygens (including phenoxy) is 3. The van der Waals surface area contributed by atoms with E-state index in [9.17, 15) is 9.59 Å². The van der Waals surface area contributed by atoms with E-state index in [0.717, 1.165) is 0 Å². The molecule has 0 heterocycles. The molecule has 0 spiro atoms. The summed E-state index contributed by atoms with van der Waals surface area (Å²) in [5.74, 6) is -0.881. The number of amides is 1. The zero-order chi connectivity index (χ0) is 13.1. The smallest absolute Gasteiger partial charge is 0.328 e. The zero-order valence-corrected chi connectivity index (χ0v) is 10.2. The average molecular weight is 245 g/mol. The van der Waals surface area contributed by atoms with Crippen LogP contribution in [0, 0.1) is 0 Å². The third-order valence-electron chi connectivity index (χ3n) is 1.89. The van der Waals surface area contributed by atoms with Gasteiger partial charge >= 0.3 is 5.97 Å². The van der Waals surface area contributed by atoms with Crippen LogP contribution in [-0.4, -0.2) is 52.0 Å². The molecule has 6 nitrogen and oxygen atoms in total. The van der Waals surface area contributed by atoms with Crippen LogP contribution in [0.25, 0.3) is 0 Å². The Bertz CT molecular complexity index is 254. The highest BCUT2D eigenvalue weighted by atomic mass is 16.5. The number of carbonyl (C=O) groups is 2. The Balaban J connectivity index is 3.95. The maximum atomic E-state index is 11.4. The van der Waals surface area contributed by atoms with Crippen LogP contribution in [0.15, 0.2) is 12.7 Å². The molecule has 0 aliphatic carbocycles. The molecule has 6 heteroatoms. The van der Waals surface area contributed by atoms with Gasteiger partial charge in [-0.3, -0.25) is 4.79 Å². The minimum absolute atomic E-state index is 0.117. The Labute approximate surface area is 101 Å². The van der Waals surface area contributed by atoms with Crippen molar-refractivity contribution in [2.24, 2.45) is 0 Å². The van der Waals surface area contributed by atoms with Crippen LogP contribution in [0.1, 0.15) is 6.42 Å². The van der Waals surface area contributed by atoms with Crippen LogP contribution in [0.2, 0.25) is 0 Å². The highest BCUT2D eigenvalue weighted by molar-refractivity contribution is 5.85. The molecule has 17 heavy (non-hydrogen) atoms. The quantitative estimate of drug-likeness (QED) is 0.348. The molecule has 0 radical (unpaired) electrons. The first-order valence-corrected chi connectivity index (χ1v) is 5.20. The fourth-order valence-electron chi connectivity index (χ4n) is 1.07. The fraction of sp³-hybridized carbons (Fsp3) is 0.636. The molecule has 1 atom stereocenters. The van der Waals surface area contributed by atoms with Gasteiger partial charge in [0, 0.05) is 7.11 Å². The largest absolute Gasteiger partial charge is 0.467 e. The van der Waals surface area contributed by atoms with Gasteiger partial charge in [0.2, 0.25) is 5.91 Å². The highest BCUT2D eigenvalue weighted by Crippen LogP contribution is 1.96. The van der Waals surface area contributed by atoms with Crippen molar-refractivity contribution in [2.45, 2.75) is 12.5 Å². The topological polar surface area (TPSA) is 73.9 Å². The molecule has 0 aromatic carbocycles.